The first-order chi connectivity index (χ1) is 53.5. The number of hydrogen-bond acceptors (Lipinski definition) is 1. The van der Waals surface area contributed by atoms with Crippen LogP contribution in [0.2, 0.25) is 18.1 Å². The Kier molecular flexibility index (Phi) is 37.9. The molecule has 10 aromatic carbocycles. The van der Waals surface area contributed by atoms with E-state index >= 15 is 0 Å². The van der Waals surface area contributed by atoms with Crippen molar-refractivity contribution >= 4 is 120 Å². The van der Waals surface area contributed by atoms with Crippen LogP contribution in [0, 0.1) is 0 Å². The molecular formula is C101H121Br7OSi. The van der Waals surface area contributed by atoms with Gasteiger partial charge in [0.1, 0.15) is 5.60 Å². The molecule has 3 aliphatic carbocycles. The van der Waals surface area contributed by atoms with Crippen molar-refractivity contribution < 1.29 is 5.11 Å². The van der Waals surface area contributed by atoms with Crippen LogP contribution in [0.5, 0.6) is 0 Å². The van der Waals surface area contributed by atoms with Crippen molar-refractivity contribution in [1.82, 2.24) is 0 Å². The molecule has 0 bridgehead atoms. The van der Waals surface area contributed by atoms with Gasteiger partial charge >= 0.3 is 0 Å². The highest BCUT2D eigenvalue weighted by Gasteiger charge is 2.46. The molecule has 584 valence electrons. The number of rotatable bonds is 33. The summed E-state index contributed by atoms with van der Waals surface area (Å²) in [5, 5.41) is 12.1. The third kappa shape index (κ3) is 24.2. The van der Waals surface area contributed by atoms with Crippen molar-refractivity contribution in [3.05, 3.63) is 310 Å². The molecule has 0 atom stereocenters. The Labute approximate surface area is 725 Å². The third-order valence-corrected chi connectivity index (χ3v) is 29.9. The van der Waals surface area contributed by atoms with Gasteiger partial charge < -0.3 is 5.11 Å². The zero-order valence-corrected chi connectivity index (χ0v) is 79.3. The summed E-state index contributed by atoms with van der Waals surface area (Å²) in [7, 11) is -0.171. The second-order valence-electron chi connectivity index (χ2n) is 30.9. The Bertz CT molecular complexity index is 4330. The van der Waals surface area contributed by atoms with Crippen LogP contribution < -0.4 is 0 Å². The molecule has 1 nitrogen and oxygen atoms in total. The summed E-state index contributed by atoms with van der Waals surface area (Å²) < 4.78 is 7.79. The number of fused-ring (bicyclic) bond motifs is 9. The van der Waals surface area contributed by atoms with Gasteiger partial charge in [-0.15, -0.1) is 0 Å². The normalized spacial score (nSPS) is 12.9. The predicted molar refractivity (Wildman–Crippen MR) is 506 cm³/mol. The molecule has 0 fully saturated rings. The van der Waals surface area contributed by atoms with E-state index < -0.39 is 5.60 Å². The number of benzene rings is 10. The summed E-state index contributed by atoms with van der Waals surface area (Å²) in [5.74, 6) is 0.306. The molecule has 13 rings (SSSR count). The molecule has 10 aromatic rings. The van der Waals surface area contributed by atoms with Gasteiger partial charge in [0, 0.05) is 62.6 Å². The largest absolute Gasteiger partial charge is 0.376 e. The summed E-state index contributed by atoms with van der Waals surface area (Å²) in [6.45, 7) is 18.3. The van der Waals surface area contributed by atoms with Crippen molar-refractivity contribution in [2.45, 2.75) is 264 Å². The lowest BCUT2D eigenvalue weighted by Gasteiger charge is -2.34. The molecule has 9 heteroatoms. The molecule has 0 amide bonds. The minimum Gasteiger partial charge on any atom is -0.376 e. The quantitative estimate of drug-likeness (QED) is 0.0321. The topological polar surface area (TPSA) is 20.2 Å². The number of aliphatic hydroxyl groups is 1. The Morgan fingerprint density at radius 1 is 0.282 bits per heavy atom. The van der Waals surface area contributed by atoms with Gasteiger partial charge in [0.05, 0.1) is 0 Å². The zero-order chi connectivity index (χ0) is 78.4. The fourth-order valence-corrected chi connectivity index (χ4v) is 21.2. The van der Waals surface area contributed by atoms with Gasteiger partial charge in [-0.05, 0) is 237 Å². The smallest absolute Gasteiger partial charge is 0.141 e. The number of aryl methyl sites for hydroxylation is 4. The van der Waals surface area contributed by atoms with Gasteiger partial charge in [-0.2, -0.15) is 0 Å². The van der Waals surface area contributed by atoms with Crippen molar-refractivity contribution in [2.24, 2.45) is 0 Å². The van der Waals surface area contributed by atoms with E-state index in [4.69, 9.17) is 0 Å². The van der Waals surface area contributed by atoms with Crippen LogP contribution in [-0.2, 0) is 36.7 Å². The van der Waals surface area contributed by atoms with Gasteiger partial charge in [0.25, 0.3) is 0 Å². The van der Waals surface area contributed by atoms with Crippen LogP contribution in [0.4, 0.5) is 0 Å². The molecule has 0 heterocycles. The Balaban J connectivity index is 0.000000170. The van der Waals surface area contributed by atoms with Crippen LogP contribution in [0.25, 0.3) is 33.4 Å². The first-order valence-corrected chi connectivity index (χ1v) is 50.0. The van der Waals surface area contributed by atoms with E-state index in [1.165, 1.54) is 270 Å². The van der Waals surface area contributed by atoms with Gasteiger partial charge in [-0.3, -0.25) is 0 Å². The fraction of sp³-hybridized carbons (Fsp3) is 0.406. The lowest BCUT2D eigenvalue weighted by molar-refractivity contribution is 0.130. The van der Waals surface area contributed by atoms with Gasteiger partial charge in [-0.1, -0.05) is 422 Å². The summed E-state index contributed by atoms with van der Waals surface area (Å²) >= 11 is 25.6. The van der Waals surface area contributed by atoms with E-state index in [2.05, 4.69) is 361 Å². The van der Waals surface area contributed by atoms with Crippen LogP contribution >= 0.6 is 112 Å². The van der Waals surface area contributed by atoms with Gasteiger partial charge in [0.2, 0.25) is 0 Å². The summed E-state index contributed by atoms with van der Waals surface area (Å²) in [6.07, 6.45) is 34.6. The number of unbranched alkanes of at least 4 members (excludes halogenated alkanes) is 17. The predicted octanol–water partition coefficient (Wildman–Crippen LogP) is 34.3. The van der Waals surface area contributed by atoms with E-state index in [0.29, 0.717) is 5.92 Å². The lowest BCUT2D eigenvalue weighted by Crippen LogP contribution is -2.27. The molecule has 3 aliphatic rings. The third-order valence-electron chi connectivity index (χ3n) is 23.0. The molecule has 0 unspecified atom stereocenters. The average Bonchev–Trinajstić information content (AvgIpc) is 1.56. The maximum absolute atomic E-state index is 12.1. The molecular weight excluding hydrogens is 1820 g/mol. The second kappa shape index (κ2) is 46.5. The minimum atomic E-state index is -1.14. The Hall–Kier alpha value is -4.26. The number of hydrogen-bond donors (Lipinski definition) is 1. The molecule has 0 saturated carbocycles. The maximum atomic E-state index is 12.1. The average molecular weight is 1940 g/mol. The maximum Gasteiger partial charge on any atom is 0.141 e. The molecule has 0 spiro atoms. The molecule has 110 heavy (non-hydrogen) atoms. The summed E-state index contributed by atoms with van der Waals surface area (Å²) in [6, 6.07) is 80.0. The minimum absolute atomic E-state index is 0.0948. The van der Waals surface area contributed by atoms with Crippen molar-refractivity contribution in [3.63, 3.8) is 0 Å². The van der Waals surface area contributed by atoms with E-state index in [1.54, 1.807) is 0 Å². The van der Waals surface area contributed by atoms with Crippen LogP contribution in [0.1, 0.15) is 281 Å². The first-order valence-electron chi connectivity index (χ1n) is 42.0. The molecule has 0 aromatic heterocycles. The summed E-state index contributed by atoms with van der Waals surface area (Å²) in [4.78, 5) is 0. The second-order valence-corrected chi connectivity index (χ2v) is 41.5. The van der Waals surface area contributed by atoms with Crippen LogP contribution in [0.15, 0.2) is 238 Å². The molecule has 0 radical (unpaired) electrons. The molecule has 0 aliphatic heterocycles. The monoisotopic (exact) mass is 1930 g/mol. The fourth-order valence-electron chi connectivity index (χ4n) is 16.8. The zero-order valence-electron chi connectivity index (χ0n) is 67.1. The van der Waals surface area contributed by atoms with E-state index in [0.717, 1.165) is 58.5 Å². The van der Waals surface area contributed by atoms with Crippen molar-refractivity contribution in [1.29, 1.82) is 0 Å². The number of halogens is 7. The Morgan fingerprint density at radius 3 is 0.991 bits per heavy atom. The highest BCUT2D eigenvalue weighted by molar-refractivity contribution is 9.11. The highest BCUT2D eigenvalue weighted by atomic mass is 79.9. The first kappa shape index (κ1) is 89.7. The highest BCUT2D eigenvalue weighted by Crippen LogP contribution is 2.57. The summed E-state index contributed by atoms with van der Waals surface area (Å²) in [5.41, 5.74) is 23.6. The standard InChI is InChI=1S/C33H40Br2.C25H24Br2O.C25H24Br2.C12H17Br.C6H16Si/c1-3-5-7-9-10-12-21-33(26-16-13-15-25(22-26)14-11-8-6-4-2)31-23-27(34)17-19-29(31)30-20-18-28(35)24-32(30)33;1-2-3-4-5-7-17-8-6-9-18(14-17)25(28)23-15-19(26)10-12-21(23)22-13-11-20(27)16-24(22)25;1-2-3-4-5-7-17-8-6-9-18(14-17)25-23-15-19(26)10-12-21(23)22-13-11-20(27)16-24(22)25;1-2-3-4-5-7-11-8-6-9-12(13)10-11;1-4-7(5-2)6-3/h13,15-20,22-24H,3-12,14,21H2,1-2H3;6,8-16,28H,2-5,7H2,1H3;6,8-16,25H,2-5,7H2,1H3;6,8-10H,2-5,7H2,1H3;7H,4-6H2,1-3H3. The Morgan fingerprint density at radius 2 is 0.591 bits per heavy atom. The van der Waals surface area contributed by atoms with Crippen LogP contribution in [-0.4, -0.2) is 13.9 Å². The van der Waals surface area contributed by atoms with Crippen LogP contribution in [0.3, 0.4) is 0 Å². The van der Waals surface area contributed by atoms with Crippen molar-refractivity contribution in [2.75, 3.05) is 0 Å². The molecule has 1 N–H and O–H groups in total. The molecule has 0 saturated heterocycles. The van der Waals surface area contributed by atoms with Gasteiger partial charge in [0.15, 0.2) is 0 Å². The lowest BCUT2D eigenvalue weighted by atomic mass is 9.69. The van der Waals surface area contributed by atoms with Crippen molar-refractivity contribution in [3.8, 4) is 33.4 Å². The SMILES string of the molecule is CCCCCCCCC1(c2cccc(CCCCCC)c2)c2cc(Br)ccc2-c2ccc(Br)cc21.CCCCCCc1cccc(Br)c1.CCCCCCc1cccc(C2(O)c3cc(Br)ccc3-c3ccc(Br)cc32)c1.CCCCCCc1cccc(C2c3cc(Br)ccc3-c3ccc(Br)cc32)c1.CC[SiH](CC)CC. The van der Waals surface area contributed by atoms with E-state index in [9.17, 15) is 5.11 Å². The van der Waals surface area contributed by atoms with E-state index in [-0.39, 0.29) is 14.2 Å². The van der Waals surface area contributed by atoms with E-state index in [1.807, 2.05) is 12.1 Å². The van der Waals surface area contributed by atoms with Gasteiger partial charge in [-0.25, -0.2) is 0 Å².